The number of aromatic nitrogens is 2. The summed E-state index contributed by atoms with van der Waals surface area (Å²) in [6.45, 7) is 3.18. The van der Waals surface area contributed by atoms with Crippen molar-refractivity contribution in [2.24, 2.45) is 0 Å². The normalized spacial score (nSPS) is 24.7. The minimum atomic E-state index is -1.03. The Hall–Kier alpha value is -2.03. The number of anilines is 2. The molecule has 4 heterocycles. The SMILES string of the molecule is COC1(c2ccc(C3CCC3)cc2)CCN(c2nc3c(c(NC4CCOCC4)n2)S(=O)CC3)CC1. The molecule has 3 fully saturated rings. The second kappa shape index (κ2) is 9.79. The van der Waals surface area contributed by atoms with Crippen LogP contribution in [0.25, 0.3) is 0 Å². The lowest BCUT2D eigenvalue weighted by Gasteiger charge is -2.41. The largest absolute Gasteiger partial charge is 0.381 e. The van der Waals surface area contributed by atoms with Gasteiger partial charge in [-0.3, -0.25) is 4.21 Å². The topological polar surface area (TPSA) is 76.6 Å². The monoisotopic (exact) mass is 496 g/mol. The Morgan fingerprint density at radius 1 is 1.09 bits per heavy atom. The molecule has 0 spiro atoms. The molecule has 8 heteroatoms. The van der Waals surface area contributed by atoms with Crippen LogP contribution in [-0.4, -0.2) is 59.4 Å². The summed E-state index contributed by atoms with van der Waals surface area (Å²) in [4.78, 5) is 12.9. The third-order valence-corrected chi connectivity index (χ3v) is 9.96. The molecule has 4 aliphatic rings. The van der Waals surface area contributed by atoms with Gasteiger partial charge in [0.25, 0.3) is 0 Å². The molecule has 1 saturated carbocycles. The summed E-state index contributed by atoms with van der Waals surface area (Å²) in [6, 6.07) is 9.49. The van der Waals surface area contributed by atoms with Crippen molar-refractivity contribution in [1.82, 2.24) is 9.97 Å². The van der Waals surface area contributed by atoms with Gasteiger partial charge in [0.1, 0.15) is 10.7 Å². The van der Waals surface area contributed by atoms with Crippen LogP contribution in [0.3, 0.4) is 0 Å². The van der Waals surface area contributed by atoms with Gasteiger partial charge < -0.3 is 19.7 Å². The van der Waals surface area contributed by atoms with Crippen LogP contribution in [0.5, 0.6) is 0 Å². The van der Waals surface area contributed by atoms with Crippen LogP contribution in [0.4, 0.5) is 11.8 Å². The summed E-state index contributed by atoms with van der Waals surface area (Å²) in [5.41, 5.74) is 3.42. The molecule has 35 heavy (non-hydrogen) atoms. The van der Waals surface area contributed by atoms with Crippen LogP contribution in [-0.2, 0) is 32.3 Å². The fourth-order valence-corrected chi connectivity index (χ4v) is 7.25. The van der Waals surface area contributed by atoms with E-state index in [1.54, 1.807) is 0 Å². The van der Waals surface area contributed by atoms with Gasteiger partial charge in [-0.15, -0.1) is 0 Å². The Balaban J connectivity index is 1.20. The number of methoxy groups -OCH3 is 1. The van der Waals surface area contributed by atoms with E-state index in [1.165, 1.54) is 30.4 Å². The van der Waals surface area contributed by atoms with Crippen molar-refractivity contribution in [3.63, 3.8) is 0 Å². The molecule has 0 radical (unpaired) electrons. The van der Waals surface area contributed by atoms with E-state index in [0.717, 1.165) is 86.7 Å². The zero-order valence-corrected chi connectivity index (χ0v) is 21.4. The molecule has 0 bridgehead atoms. The molecule has 1 N–H and O–H groups in total. The molecule has 0 amide bonds. The first kappa shape index (κ1) is 23.4. The number of hydrogen-bond acceptors (Lipinski definition) is 7. The van der Waals surface area contributed by atoms with Crippen molar-refractivity contribution < 1.29 is 13.7 Å². The molecule has 188 valence electrons. The van der Waals surface area contributed by atoms with Crippen molar-refractivity contribution in [3.8, 4) is 0 Å². The highest BCUT2D eigenvalue weighted by atomic mass is 32.2. The van der Waals surface area contributed by atoms with E-state index in [1.807, 2.05) is 7.11 Å². The summed E-state index contributed by atoms with van der Waals surface area (Å²) >= 11 is 0. The Morgan fingerprint density at radius 2 is 1.83 bits per heavy atom. The van der Waals surface area contributed by atoms with Crippen LogP contribution < -0.4 is 10.2 Å². The Bertz CT molecular complexity index is 1070. The summed E-state index contributed by atoms with van der Waals surface area (Å²) in [5, 5.41) is 3.59. The number of nitrogens with zero attached hydrogens (tertiary/aromatic N) is 3. The van der Waals surface area contributed by atoms with Crippen LogP contribution in [0, 0.1) is 0 Å². The van der Waals surface area contributed by atoms with Crippen molar-refractivity contribution in [3.05, 3.63) is 41.1 Å². The van der Waals surface area contributed by atoms with Crippen molar-refractivity contribution >= 4 is 22.6 Å². The lowest BCUT2D eigenvalue weighted by atomic mass is 9.78. The van der Waals surface area contributed by atoms with Gasteiger partial charge in [-0.2, -0.15) is 4.98 Å². The van der Waals surface area contributed by atoms with Crippen LogP contribution >= 0.6 is 0 Å². The van der Waals surface area contributed by atoms with Crippen LogP contribution in [0.15, 0.2) is 29.2 Å². The highest BCUT2D eigenvalue weighted by molar-refractivity contribution is 7.85. The maximum atomic E-state index is 12.7. The van der Waals surface area contributed by atoms with E-state index < -0.39 is 10.8 Å². The zero-order valence-electron chi connectivity index (χ0n) is 20.6. The molecule has 1 aromatic carbocycles. The number of piperidine rings is 1. The predicted molar refractivity (Wildman–Crippen MR) is 138 cm³/mol. The molecule has 2 saturated heterocycles. The number of hydrogen-bond donors (Lipinski definition) is 1. The first-order valence-corrected chi connectivity index (χ1v) is 14.5. The summed E-state index contributed by atoms with van der Waals surface area (Å²) in [6.07, 6.45) is 8.43. The number of rotatable bonds is 6. The van der Waals surface area contributed by atoms with Gasteiger partial charge in [0.15, 0.2) is 0 Å². The molecular formula is C27H36N4O3S. The van der Waals surface area contributed by atoms with E-state index in [0.29, 0.717) is 11.8 Å². The highest BCUT2D eigenvalue weighted by Crippen LogP contribution is 2.41. The fraction of sp³-hybridized carbons (Fsp3) is 0.630. The van der Waals surface area contributed by atoms with E-state index in [4.69, 9.17) is 19.4 Å². The van der Waals surface area contributed by atoms with E-state index in [-0.39, 0.29) is 5.60 Å². The first-order chi connectivity index (χ1) is 17.1. The molecular weight excluding hydrogens is 460 g/mol. The minimum Gasteiger partial charge on any atom is -0.381 e. The van der Waals surface area contributed by atoms with Gasteiger partial charge in [-0.25, -0.2) is 4.98 Å². The molecule has 3 aliphatic heterocycles. The molecule has 2 aromatic rings. The number of ether oxygens (including phenoxy) is 2. The van der Waals surface area contributed by atoms with E-state index >= 15 is 0 Å². The van der Waals surface area contributed by atoms with Gasteiger partial charge in [0.2, 0.25) is 5.95 Å². The standard InChI is InChI=1S/C27H36N4O3S/c1-33-27(21-7-5-20(6-8-21)19-3-2-4-19)12-14-31(15-13-27)26-29-23-11-18-35(32)24(23)25(30-26)28-22-9-16-34-17-10-22/h5-8,19,22H,2-4,9-18H2,1H3,(H,28,29,30). The molecule has 6 rings (SSSR count). The van der Waals surface area contributed by atoms with Gasteiger partial charge in [-0.1, -0.05) is 30.7 Å². The molecule has 1 aliphatic carbocycles. The Morgan fingerprint density at radius 3 is 2.49 bits per heavy atom. The van der Waals surface area contributed by atoms with Crippen molar-refractivity contribution in [1.29, 1.82) is 0 Å². The smallest absolute Gasteiger partial charge is 0.227 e. The highest BCUT2D eigenvalue weighted by Gasteiger charge is 2.38. The molecule has 1 unspecified atom stereocenters. The van der Waals surface area contributed by atoms with Gasteiger partial charge in [-0.05, 0) is 55.6 Å². The fourth-order valence-electron chi connectivity index (χ4n) is 5.94. The molecule has 7 nitrogen and oxygen atoms in total. The average Bonchev–Trinajstić information content (AvgIpc) is 3.25. The molecule has 1 aromatic heterocycles. The van der Waals surface area contributed by atoms with E-state index in [2.05, 4.69) is 34.5 Å². The average molecular weight is 497 g/mol. The number of nitrogens with one attached hydrogen (secondary N) is 1. The number of fused-ring (bicyclic) bond motifs is 1. The van der Waals surface area contributed by atoms with Crippen molar-refractivity contribution in [2.45, 2.75) is 73.8 Å². The minimum absolute atomic E-state index is 0.268. The van der Waals surface area contributed by atoms with Crippen molar-refractivity contribution in [2.75, 3.05) is 49.4 Å². The Labute approximate surface area is 210 Å². The van der Waals surface area contributed by atoms with Gasteiger partial charge >= 0.3 is 0 Å². The Kier molecular flexibility index (Phi) is 6.54. The van der Waals surface area contributed by atoms with Crippen LogP contribution in [0.1, 0.15) is 67.7 Å². The molecule has 1 atom stereocenters. The third kappa shape index (κ3) is 4.49. The van der Waals surface area contributed by atoms with Gasteiger partial charge in [0.05, 0.1) is 22.1 Å². The summed E-state index contributed by atoms with van der Waals surface area (Å²) in [7, 11) is 0.815. The lowest BCUT2D eigenvalue weighted by Crippen LogP contribution is -2.44. The summed E-state index contributed by atoms with van der Waals surface area (Å²) in [5.74, 6) is 2.91. The quantitative estimate of drug-likeness (QED) is 0.644. The maximum Gasteiger partial charge on any atom is 0.227 e. The second-order valence-corrected chi connectivity index (χ2v) is 11.9. The third-order valence-electron chi connectivity index (χ3n) is 8.50. The van der Waals surface area contributed by atoms with E-state index in [9.17, 15) is 4.21 Å². The first-order valence-electron chi connectivity index (χ1n) is 13.2. The predicted octanol–water partition coefficient (Wildman–Crippen LogP) is 4.14. The lowest BCUT2D eigenvalue weighted by molar-refractivity contribution is -0.0348. The summed E-state index contributed by atoms with van der Waals surface area (Å²) < 4.78 is 24.4. The maximum absolute atomic E-state index is 12.7. The second-order valence-electron chi connectivity index (χ2n) is 10.4. The number of aryl methyl sites for hydroxylation is 1. The van der Waals surface area contributed by atoms with Gasteiger partial charge in [0, 0.05) is 51.6 Å². The number of benzene rings is 1. The van der Waals surface area contributed by atoms with Crippen LogP contribution in [0.2, 0.25) is 0 Å². The zero-order chi connectivity index (χ0) is 23.8.